The molecule has 0 aliphatic carbocycles. The molecule has 2 aromatic rings. The van der Waals surface area contributed by atoms with Gasteiger partial charge in [-0.2, -0.15) is 5.10 Å². The van der Waals surface area contributed by atoms with E-state index in [4.69, 9.17) is 10.5 Å². The van der Waals surface area contributed by atoms with E-state index in [0.717, 1.165) is 11.1 Å². The zero-order valence-electron chi connectivity index (χ0n) is 15.3. The summed E-state index contributed by atoms with van der Waals surface area (Å²) >= 11 is 0. The molecule has 0 spiro atoms. The van der Waals surface area contributed by atoms with Crippen LogP contribution >= 0.6 is 0 Å². The fraction of sp³-hybridized carbons (Fsp3) is 0.474. The highest BCUT2D eigenvalue weighted by Crippen LogP contribution is 2.19. The lowest BCUT2D eigenvalue weighted by molar-refractivity contribution is 0.294. The van der Waals surface area contributed by atoms with Crippen LogP contribution in [0, 0.1) is 0 Å². The van der Waals surface area contributed by atoms with Crippen LogP contribution in [0.15, 0.2) is 35.3 Å². The number of benzene rings is 1. The lowest BCUT2D eigenvalue weighted by atomic mass is 10.1. The molecule has 0 radical (unpaired) electrons. The van der Waals surface area contributed by atoms with Crippen LogP contribution in [0.2, 0.25) is 0 Å². The van der Waals surface area contributed by atoms with Gasteiger partial charge in [0.15, 0.2) is 5.75 Å². The van der Waals surface area contributed by atoms with E-state index in [2.05, 4.69) is 5.10 Å². The van der Waals surface area contributed by atoms with Gasteiger partial charge in [-0.25, -0.2) is 9.07 Å². The highest BCUT2D eigenvalue weighted by Gasteiger charge is 2.19. The molecule has 136 valence electrons. The van der Waals surface area contributed by atoms with Crippen molar-refractivity contribution in [3.05, 3.63) is 51.9 Å². The van der Waals surface area contributed by atoms with Crippen LogP contribution in [-0.4, -0.2) is 16.0 Å². The van der Waals surface area contributed by atoms with Crippen LogP contribution in [0.5, 0.6) is 5.75 Å². The van der Waals surface area contributed by atoms with Gasteiger partial charge < -0.3 is 10.5 Å². The average molecular weight is 347 g/mol. The Morgan fingerprint density at radius 3 is 2.40 bits per heavy atom. The molecule has 1 aromatic heterocycles. The minimum Gasteiger partial charge on any atom is -0.485 e. The first kappa shape index (κ1) is 19.0. The minimum atomic E-state index is -0.797. The number of hydrogen-bond donors (Lipinski definition) is 1. The standard InChI is InChI=1S/C19H26FN3O2/c1-13(20)5-6-14-7-9-15(10-8-14)12-25-16-11-22-23(19(2,3)4)18(24)17(16)21/h7-11,13H,5-6,12,21H2,1-4H3. The Kier molecular flexibility index (Phi) is 5.82. The zero-order valence-corrected chi connectivity index (χ0v) is 15.3. The maximum Gasteiger partial charge on any atom is 0.294 e. The predicted octanol–water partition coefficient (Wildman–Crippen LogP) is 3.45. The summed E-state index contributed by atoms with van der Waals surface area (Å²) in [6.45, 7) is 7.49. The van der Waals surface area contributed by atoms with E-state index in [-0.39, 0.29) is 23.6 Å². The molecule has 1 aromatic carbocycles. The molecule has 2 N–H and O–H groups in total. The topological polar surface area (TPSA) is 70.1 Å². The van der Waals surface area contributed by atoms with Crippen molar-refractivity contribution in [2.45, 2.75) is 58.9 Å². The summed E-state index contributed by atoms with van der Waals surface area (Å²) in [5.74, 6) is 0.279. The van der Waals surface area contributed by atoms with Crippen molar-refractivity contribution < 1.29 is 9.13 Å². The average Bonchev–Trinajstić information content (AvgIpc) is 2.54. The normalized spacial score (nSPS) is 12.8. The van der Waals surface area contributed by atoms with E-state index in [1.807, 2.05) is 45.0 Å². The fourth-order valence-electron chi connectivity index (χ4n) is 2.37. The van der Waals surface area contributed by atoms with Crippen molar-refractivity contribution >= 4 is 5.69 Å². The molecule has 25 heavy (non-hydrogen) atoms. The van der Waals surface area contributed by atoms with E-state index < -0.39 is 11.7 Å². The van der Waals surface area contributed by atoms with Crippen molar-refractivity contribution in [1.82, 2.24) is 9.78 Å². The number of rotatable bonds is 6. The Balaban J connectivity index is 2.04. The van der Waals surface area contributed by atoms with E-state index >= 15 is 0 Å². The summed E-state index contributed by atoms with van der Waals surface area (Å²) < 4.78 is 19.9. The Bertz CT molecular complexity index is 762. The van der Waals surface area contributed by atoms with Crippen molar-refractivity contribution in [2.24, 2.45) is 0 Å². The Labute approximate surface area is 147 Å². The Hall–Kier alpha value is -2.37. The largest absolute Gasteiger partial charge is 0.485 e. The molecule has 0 amide bonds. The van der Waals surface area contributed by atoms with Gasteiger partial charge in [-0.3, -0.25) is 4.79 Å². The molecule has 6 heteroatoms. The number of halogens is 1. The molecule has 0 aliphatic rings. The lowest BCUT2D eigenvalue weighted by Crippen LogP contribution is -2.37. The number of alkyl halides is 1. The van der Waals surface area contributed by atoms with Crippen LogP contribution in [0.3, 0.4) is 0 Å². The van der Waals surface area contributed by atoms with Gasteiger partial charge in [-0.05, 0) is 51.7 Å². The van der Waals surface area contributed by atoms with Crippen molar-refractivity contribution in [3.63, 3.8) is 0 Å². The zero-order chi connectivity index (χ0) is 18.6. The van der Waals surface area contributed by atoms with Crippen LogP contribution in [-0.2, 0) is 18.6 Å². The monoisotopic (exact) mass is 347 g/mol. The molecule has 1 heterocycles. The van der Waals surface area contributed by atoms with Crippen LogP contribution in [0.25, 0.3) is 0 Å². The number of nitrogens with two attached hydrogens (primary N) is 1. The summed E-state index contributed by atoms with van der Waals surface area (Å²) in [5.41, 5.74) is 7.17. The molecule has 1 atom stereocenters. The van der Waals surface area contributed by atoms with Gasteiger partial charge in [0.25, 0.3) is 5.56 Å². The number of ether oxygens (including phenoxy) is 1. The van der Waals surface area contributed by atoms with Crippen LogP contribution in [0.4, 0.5) is 10.1 Å². The summed E-state index contributed by atoms with van der Waals surface area (Å²) in [4.78, 5) is 12.3. The Morgan fingerprint density at radius 2 is 1.84 bits per heavy atom. The quantitative estimate of drug-likeness (QED) is 0.869. The number of nitrogens with zero attached hydrogens (tertiary/aromatic N) is 2. The number of anilines is 1. The maximum absolute atomic E-state index is 12.9. The molecule has 5 nitrogen and oxygen atoms in total. The third-order valence-corrected chi connectivity index (χ3v) is 3.86. The first-order valence-corrected chi connectivity index (χ1v) is 8.41. The van der Waals surface area contributed by atoms with Crippen molar-refractivity contribution in [3.8, 4) is 5.75 Å². The molecule has 0 bridgehead atoms. The molecular formula is C19H26FN3O2. The molecular weight excluding hydrogens is 321 g/mol. The van der Waals surface area contributed by atoms with E-state index in [1.54, 1.807) is 6.92 Å². The molecule has 2 rings (SSSR count). The SMILES string of the molecule is CC(F)CCc1ccc(COc2cnn(C(C)(C)C)c(=O)c2N)cc1. The van der Waals surface area contributed by atoms with Gasteiger partial charge >= 0.3 is 0 Å². The minimum absolute atomic E-state index is 0.0541. The van der Waals surface area contributed by atoms with E-state index in [1.165, 1.54) is 10.9 Å². The predicted molar refractivity (Wildman–Crippen MR) is 97.6 cm³/mol. The van der Waals surface area contributed by atoms with E-state index in [0.29, 0.717) is 12.8 Å². The Morgan fingerprint density at radius 1 is 1.24 bits per heavy atom. The second-order valence-corrected chi connectivity index (χ2v) is 7.23. The van der Waals surface area contributed by atoms with Crippen molar-refractivity contribution in [2.75, 3.05) is 5.73 Å². The highest BCUT2D eigenvalue weighted by atomic mass is 19.1. The van der Waals surface area contributed by atoms with Gasteiger partial charge in [0.05, 0.1) is 17.9 Å². The third-order valence-electron chi connectivity index (χ3n) is 3.86. The first-order valence-electron chi connectivity index (χ1n) is 8.41. The van der Waals surface area contributed by atoms with Crippen molar-refractivity contribution in [1.29, 1.82) is 0 Å². The van der Waals surface area contributed by atoms with Gasteiger partial charge in [-0.1, -0.05) is 24.3 Å². The summed E-state index contributed by atoms with van der Waals surface area (Å²) in [5, 5.41) is 4.14. The van der Waals surface area contributed by atoms with Gasteiger partial charge in [0.1, 0.15) is 12.3 Å². The van der Waals surface area contributed by atoms with Crippen LogP contribution < -0.4 is 16.0 Å². The summed E-state index contributed by atoms with van der Waals surface area (Å²) in [6, 6.07) is 7.77. The number of nitrogen functional groups attached to an aromatic ring is 1. The molecule has 1 unspecified atom stereocenters. The second-order valence-electron chi connectivity index (χ2n) is 7.23. The number of aromatic nitrogens is 2. The molecule has 0 saturated carbocycles. The third kappa shape index (κ3) is 5.05. The van der Waals surface area contributed by atoms with Gasteiger partial charge in [-0.15, -0.1) is 0 Å². The summed E-state index contributed by atoms with van der Waals surface area (Å²) in [6.07, 6.45) is 1.90. The van der Waals surface area contributed by atoms with Crippen LogP contribution in [0.1, 0.15) is 45.2 Å². The van der Waals surface area contributed by atoms with Gasteiger partial charge in [0.2, 0.25) is 0 Å². The molecule has 0 fully saturated rings. The fourth-order valence-corrected chi connectivity index (χ4v) is 2.37. The lowest BCUT2D eigenvalue weighted by Gasteiger charge is -2.21. The highest BCUT2D eigenvalue weighted by molar-refractivity contribution is 5.48. The number of hydrogen-bond acceptors (Lipinski definition) is 4. The van der Waals surface area contributed by atoms with Gasteiger partial charge in [0, 0.05) is 0 Å². The number of aryl methyl sites for hydroxylation is 1. The molecule has 0 saturated heterocycles. The second kappa shape index (κ2) is 7.68. The first-order chi connectivity index (χ1) is 11.7. The maximum atomic E-state index is 12.9. The molecule has 0 aliphatic heterocycles. The summed E-state index contributed by atoms with van der Waals surface area (Å²) in [7, 11) is 0. The van der Waals surface area contributed by atoms with E-state index in [9.17, 15) is 9.18 Å². The smallest absolute Gasteiger partial charge is 0.294 e.